The molecule has 13 nitrogen and oxygen atoms in total. The molecule has 0 aromatic heterocycles. The lowest BCUT2D eigenvalue weighted by Gasteiger charge is -2.28. The lowest BCUT2D eigenvalue weighted by Crippen LogP contribution is -2.61. The molecule has 0 aliphatic heterocycles. The highest BCUT2D eigenvalue weighted by Crippen LogP contribution is 2.10. The predicted octanol–water partition coefficient (Wildman–Crippen LogP) is -3.46. The summed E-state index contributed by atoms with van der Waals surface area (Å²) in [7, 11) is 0. The molecule has 31 heavy (non-hydrogen) atoms. The maximum Gasteiger partial charge on any atom is 0.326 e. The van der Waals surface area contributed by atoms with E-state index < -0.39 is 72.4 Å². The van der Waals surface area contributed by atoms with Crippen LogP contribution in [0.4, 0.5) is 0 Å². The number of rotatable bonds is 14. The number of hydrogen-bond donors (Lipinski definition) is 8. The first-order chi connectivity index (χ1) is 14.3. The molecule has 0 aliphatic rings. The lowest BCUT2D eigenvalue weighted by molar-refractivity contribution is -0.143. The van der Waals surface area contributed by atoms with Crippen LogP contribution in [0, 0.1) is 5.92 Å². The number of nitrogens with two attached hydrogens (primary N) is 2. The highest BCUT2D eigenvalue weighted by atomic mass is 16.4. The summed E-state index contributed by atoms with van der Waals surface area (Å²) in [6.45, 7) is 4.00. The fourth-order valence-corrected chi connectivity index (χ4v) is 2.50. The van der Waals surface area contributed by atoms with E-state index >= 15 is 0 Å². The van der Waals surface area contributed by atoms with Gasteiger partial charge in [-0.2, -0.15) is 0 Å². The Bertz CT molecular complexity index is 657. The summed E-state index contributed by atoms with van der Waals surface area (Å²) >= 11 is 0. The smallest absolute Gasteiger partial charge is 0.326 e. The Kier molecular flexibility index (Phi) is 12.3. The van der Waals surface area contributed by atoms with Crippen molar-refractivity contribution in [2.45, 2.75) is 70.3 Å². The van der Waals surface area contributed by atoms with E-state index in [0.29, 0.717) is 6.42 Å². The molecule has 0 rings (SSSR count). The van der Waals surface area contributed by atoms with E-state index in [0.717, 1.165) is 0 Å². The molecule has 0 radical (unpaired) electrons. The Balaban J connectivity index is 5.43. The van der Waals surface area contributed by atoms with Crippen molar-refractivity contribution in [3.63, 3.8) is 0 Å². The van der Waals surface area contributed by atoms with Gasteiger partial charge in [0.15, 0.2) is 0 Å². The van der Waals surface area contributed by atoms with Crippen LogP contribution in [0.5, 0.6) is 0 Å². The summed E-state index contributed by atoms with van der Waals surface area (Å²) in [5.41, 5.74) is 10.4. The van der Waals surface area contributed by atoms with Gasteiger partial charge in [0.2, 0.25) is 23.6 Å². The Morgan fingerprint density at radius 2 is 1.45 bits per heavy atom. The van der Waals surface area contributed by atoms with Crippen molar-refractivity contribution in [1.82, 2.24) is 16.0 Å². The Morgan fingerprint density at radius 3 is 1.87 bits per heavy atom. The van der Waals surface area contributed by atoms with Gasteiger partial charge in [0.25, 0.3) is 0 Å². The van der Waals surface area contributed by atoms with Gasteiger partial charge >= 0.3 is 5.97 Å². The largest absolute Gasteiger partial charge is 0.480 e. The number of amides is 4. The number of aliphatic hydroxyl groups excluding tert-OH is 2. The molecule has 10 N–H and O–H groups in total. The SMILES string of the molecule is CCC(C)C(NC(=O)C(N)CO)C(=O)NC(C(=O)NC(CCC(N)=O)C(=O)O)C(C)O. The van der Waals surface area contributed by atoms with Crippen LogP contribution in [0.15, 0.2) is 0 Å². The highest BCUT2D eigenvalue weighted by molar-refractivity contribution is 5.94. The molecule has 0 aromatic carbocycles. The van der Waals surface area contributed by atoms with Crippen molar-refractivity contribution >= 4 is 29.6 Å². The fraction of sp³-hybridized carbons (Fsp3) is 0.722. The monoisotopic (exact) mass is 447 g/mol. The molecule has 0 saturated carbocycles. The van der Waals surface area contributed by atoms with Gasteiger partial charge in [0.1, 0.15) is 24.2 Å². The van der Waals surface area contributed by atoms with E-state index in [4.69, 9.17) is 16.6 Å². The van der Waals surface area contributed by atoms with E-state index in [1.165, 1.54) is 6.92 Å². The van der Waals surface area contributed by atoms with Gasteiger partial charge in [-0.1, -0.05) is 20.3 Å². The van der Waals surface area contributed by atoms with Gasteiger partial charge in [-0.05, 0) is 19.3 Å². The molecule has 0 aliphatic carbocycles. The maximum atomic E-state index is 12.7. The quantitative estimate of drug-likeness (QED) is 0.132. The number of carbonyl (C=O) groups excluding carboxylic acids is 4. The lowest BCUT2D eigenvalue weighted by atomic mass is 9.97. The van der Waals surface area contributed by atoms with Crippen LogP contribution in [0.25, 0.3) is 0 Å². The summed E-state index contributed by atoms with van der Waals surface area (Å²) in [5, 5.41) is 35.0. The third kappa shape index (κ3) is 9.72. The van der Waals surface area contributed by atoms with Crippen molar-refractivity contribution in [1.29, 1.82) is 0 Å². The third-order valence-electron chi connectivity index (χ3n) is 4.68. The Labute approximate surface area is 179 Å². The summed E-state index contributed by atoms with van der Waals surface area (Å²) in [6, 6.07) is -5.39. The molecular formula is C18H33N5O8. The standard InChI is InChI=1S/C18H33N5O8/c1-4-8(2)13(22-15(27)10(19)7-24)16(28)23-14(9(3)25)17(29)21-11(18(30)31)5-6-12(20)26/h8-11,13-14,24-25H,4-7,19H2,1-3H3,(H2,20,26)(H,21,29)(H,22,27)(H,23,28)(H,30,31). The first-order valence-corrected chi connectivity index (χ1v) is 9.82. The average molecular weight is 447 g/mol. The number of hydrogen-bond acceptors (Lipinski definition) is 8. The molecule has 178 valence electrons. The van der Waals surface area contributed by atoms with E-state index in [1.807, 2.05) is 0 Å². The second-order valence-electron chi connectivity index (χ2n) is 7.29. The van der Waals surface area contributed by atoms with Crippen molar-refractivity contribution in [3.05, 3.63) is 0 Å². The van der Waals surface area contributed by atoms with E-state index in [9.17, 15) is 34.2 Å². The van der Waals surface area contributed by atoms with Crippen molar-refractivity contribution < 1.29 is 39.3 Å². The topological polar surface area (TPSA) is 234 Å². The van der Waals surface area contributed by atoms with Crippen LogP contribution >= 0.6 is 0 Å². The summed E-state index contributed by atoms with van der Waals surface area (Å²) in [5.74, 6) is -5.16. The maximum absolute atomic E-state index is 12.7. The second-order valence-corrected chi connectivity index (χ2v) is 7.29. The van der Waals surface area contributed by atoms with Gasteiger partial charge in [-0.25, -0.2) is 4.79 Å². The molecule has 13 heteroatoms. The number of carboxylic acid groups (broad SMARTS) is 1. The molecule has 0 fully saturated rings. The minimum Gasteiger partial charge on any atom is -0.480 e. The Morgan fingerprint density at radius 1 is 0.935 bits per heavy atom. The first kappa shape index (κ1) is 28.2. The second kappa shape index (κ2) is 13.5. The number of primary amides is 1. The van der Waals surface area contributed by atoms with Gasteiger partial charge < -0.3 is 42.7 Å². The average Bonchev–Trinajstić information content (AvgIpc) is 2.70. The van der Waals surface area contributed by atoms with Crippen LogP contribution in [-0.4, -0.2) is 81.8 Å². The molecule has 0 aromatic rings. The minimum absolute atomic E-state index is 0.276. The zero-order chi connectivity index (χ0) is 24.3. The molecule has 6 unspecified atom stereocenters. The van der Waals surface area contributed by atoms with Crippen LogP contribution in [0.2, 0.25) is 0 Å². The van der Waals surface area contributed by atoms with E-state index in [-0.39, 0.29) is 12.8 Å². The molecule has 0 heterocycles. The van der Waals surface area contributed by atoms with Gasteiger partial charge in [-0.3, -0.25) is 19.2 Å². The van der Waals surface area contributed by atoms with Gasteiger partial charge in [0.05, 0.1) is 12.7 Å². The number of carboxylic acids is 1. The molecule has 0 bridgehead atoms. The predicted molar refractivity (Wildman–Crippen MR) is 108 cm³/mol. The van der Waals surface area contributed by atoms with Crippen molar-refractivity contribution in [2.75, 3.05) is 6.61 Å². The zero-order valence-electron chi connectivity index (χ0n) is 17.8. The van der Waals surface area contributed by atoms with Crippen LogP contribution in [-0.2, 0) is 24.0 Å². The molecule has 6 atom stereocenters. The number of nitrogens with one attached hydrogen (secondary N) is 3. The third-order valence-corrected chi connectivity index (χ3v) is 4.68. The molecular weight excluding hydrogens is 414 g/mol. The van der Waals surface area contributed by atoms with Gasteiger partial charge in [-0.15, -0.1) is 0 Å². The first-order valence-electron chi connectivity index (χ1n) is 9.82. The van der Waals surface area contributed by atoms with Crippen LogP contribution < -0.4 is 27.4 Å². The highest BCUT2D eigenvalue weighted by Gasteiger charge is 2.34. The van der Waals surface area contributed by atoms with Crippen LogP contribution in [0.1, 0.15) is 40.0 Å². The normalized spacial score (nSPS) is 16.7. The van der Waals surface area contributed by atoms with Crippen LogP contribution in [0.3, 0.4) is 0 Å². The van der Waals surface area contributed by atoms with Crippen molar-refractivity contribution in [2.24, 2.45) is 17.4 Å². The number of aliphatic hydroxyl groups is 2. The summed E-state index contributed by atoms with van der Waals surface area (Å²) < 4.78 is 0. The van der Waals surface area contributed by atoms with Gasteiger partial charge in [0, 0.05) is 6.42 Å². The fourth-order valence-electron chi connectivity index (χ4n) is 2.50. The minimum atomic E-state index is -1.54. The molecule has 4 amide bonds. The number of aliphatic carboxylic acids is 1. The molecule has 0 saturated heterocycles. The van der Waals surface area contributed by atoms with E-state index in [2.05, 4.69) is 16.0 Å². The van der Waals surface area contributed by atoms with Crippen molar-refractivity contribution in [3.8, 4) is 0 Å². The zero-order valence-corrected chi connectivity index (χ0v) is 17.8. The molecule has 0 spiro atoms. The van der Waals surface area contributed by atoms with E-state index in [1.54, 1.807) is 13.8 Å². The number of carbonyl (C=O) groups is 5. The summed E-state index contributed by atoms with van der Waals surface area (Å²) in [4.78, 5) is 59.5. The summed E-state index contributed by atoms with van der Waals surface area (Å²) in [6.07, 6.45) is -1.52. The Hall–Kier alpha value is -2.77.